The molecule has 138 valence electrons. The second-order valence-electron chi connectivity index (χ2n) is 6.59. The summed E-state index contributed by atoms with van der Waals surface area (Å²) in [6.07, 6.45) is 0.733. The number of nitrogens with zero attached hydrogens (tertiary/aromatic N) is 3. The van der Waals surface area contributed by atoms with E-state index < -0.39 is 0 Å². The molecule has 1 aliphatic heterocycles. The second-order valence-corrected chi connectivity index (χ2v) is 8.17. The molecule has 7 heteroatoms. The highest BCUT2D eigenvalue weighted by Gasteiger charge is 2.31. The van der Waals surface area contributed by atoms with Crippen molar-refractivity contribution in [1.82, 2.24) is 14.5 Å². The fourth-order valence-electron chi connectivity index (χ4n) is 3.27. The maximum absolute atomic E-state index is 13.3. The Hall–Kier alpha value is -2.31. The summed E-state index contributed by atoms with van der Waals surface area (Å²) >= 11 is 7.64. The van der Waals surface area contributed by atoms with Crippen molar-refractivity contribution in [3.8, 4) is 5.69 Å². The van der Waals surface area contributed by atoms with Gasteiger partial charge < -0.3 is 4.90 Å². The minimum atomic E-state index is -0.242. The zero-order valence-electron chi connectivity index (χ0n) is 15.0. The van der Waals surface area contributed by atoms with Crippen LogP contribution in [0.4, 0.5) is 0 Å². The van der Waals surface area contributed by atoms with Crippen molar-refractivity contribution in [3.05, 3.63) is 63.4 Å². The highest BCUT2D eigenvalue weighted by atomic mass is 35.5. The van der Waals surface area contributed by atoms with Crippen LogP contribution in [-0.2, 0) is 4.79 Å². The van der Waals surface area contributed by atoms with Gasteiger partial charge in [-0.05, 0) is 43.2 Å². The number of fused-ring (bicyclic) bond motifs is 1. The van der Waals surface area contributed by atoms with Crippen molar-refractivity contribution in [2.75, 3.05) is 13.6 Å². The average Bonchev–Trinajstić information content (AvgIpc) is 2.97. The van der Waals surface area contributed by atoms with Crippen molar-refractivity contribution < 1.29 is 4.79 Å². The van der Waals surface area contributed by atoms with Crippen molar-refractivity contribution >= 4 is 40.2 Å². The fraction of sp³-hybridized carbons (Fsp3) is 0.250. The number of hydrogen-bond donors (Lipinski definition) is 0. The summed E-state index contributed by atoms with van der Waals surface area (Å²) in [5.74, 6) is 0.0665. The zero-order valence-corrected chi connectivity index (χ0v) is 16.5. The molecule has 1 aromatic heterocycles. The first-order chi connectivity index (χ1) is 13.0. The lowest BCUT2D eigenvalue weighted by atomic mass is 10.2. The molecule has 1 saturated heterocycles. The quantitative estimate of drug-likeness (QED) is 0.630. The summed E-state index contributed by atoms with van der Waals surface area (Å²) in [5, 5.41) is 1.39. The molecule has 0 aliphatic carbocycles. The fourth-order valence-corrected chi connectivity index (χ4v) is 4.63. The van der Waals surface area contributed by atoms with Gasteiger partial charge in [0, 0.05) is 18.6 Å². The topological polar surface area (TPSA) is 55.2 Å². The molecule has 2 aromatic carbocycles. The van der Waals surface area contributed by atoms with Gasteiger partial charge in [-0.2, -0.15) is 0 Å². The molecule has 0 bridgehead atoms. The molecule has 3 aromatic rings. The average molecular weight is 400 g/mol. The normalized spacial score (nSPS) is 17.1. The molecule has 1 unspecified atom stereocenters. The van der Waals surface area contributed by atoms with E-state index >= 15 is 0 Å². The first-order valence-corrected chi connectivity index (χ1v) is 9.92. The molecule has 0 radical (unpaired) electrons. The second kappa shape index (κ2) is 7.02. The number of carbonyl (C=O) groups is 1. The van der Waals surface area contributed by atoms with Crippen LogP contribution < -0.4 is 5.56 Å². The highest BCUT2D eigenvalue weighted by molar-refractivity contribution is 8.00. The Bertz CT molecular complexity index is 1110. The van der Waals surface area contributed by atoms with E-state index in [-0.39, 0.29) is 16.7 Å². The molecule has 1 fully saturated rings. The minimum absolute atomic E-state index is 0.0665. The molecule has 4 rings (SSSR count). The largest absolute Gasteiger partial charge is 0.345 e. The summed E-state index contributed by atoms with van der Waals surface area (Å²) in [4.78, 5) is 32.1. The SMILES string of the molecule is Cc1c(Cl)cccc1-n1c(SC2CCN(C)C2=O)nc2ccccc2c1=O. The van der Waals surface area contributed by atoms with Crippen LogP contribution in [0.25, 0.3) is 16.6 Å². The van der Waals surface area contributed by atoms with E-state index in [2.05, 4.69) is 0 Å². The lowest BCUT2D eigenvalue weighted by Gasteiger charge is -2.17. The minimum Gasteiger partial charge on any atom is -0.345 e. The highest BCUT2D eigenvalue weighted by Crippen LogP contribution is 2.32. The number of aromatic nitrogens is 2. The molecule has 27 heavy (non-hydrogen) atoms. The lowest BCUT2D eigenvalue weighted by Crippen LogP contribution is -2.26. The molecule has 0 N–H and O–H groups in total. The van der Waals surface area contributed by atoms with Crippen LogP contribution in [0, 0.1) is 6.92 Å². The van der Waals surface area contributed by atoms with Gasteiger partial charge in [-0.3, -0.25) is 14.2 Å². The van der Waals surface area contributed by atoms with E-state index in [1.165, 1.54) is 11.8 Å². The summed E-state index contributed by atoms with van der Waals surface area (Å²) in [6, 6.07) is 12.7. The van der Waals surface area contributed by atoms with Gasteiger partial charge in [0.25, 0.3) is 5.56 Å². The van der Waals surface area contributed by atoms with Crippen molar-refractivity contribution in [1.29, 1.82) is 0 Å². The predicted octanol–water partition coefficient (Wildman–Crippen LogP) is 3.67. The van der Waals surface area contributed by atoms with Crippen molar-refractivity contribution in [2.45, 2.75) is 23.8 Å². The third-order valence-corrected chi connectivity index (χ3v) is 6.47. The number of amides is 1. The van der Waals surface area contributed by atoms with Crippen LogP contribution in [-0.4, -0.2) is 39.2 Å². The molecular formula is C20H18ClN3O2S. The Balaban J connectivity index is 1.95. The third kappa shape index (κ3) is 3.13. The Morgan fingerprint density at radius 1 is 1.15 bits per heavy atom. The monoisotopic (exact) mass is 399 g/mol. The van der Waals surface area contributed by atoms with E-state index in [1.54, 1.807) is 28.6 Å². The van der Waals surface area contributed by atoms with E-state index in [0.717, 1.165) is 12.0 Å². The van der Waals surface area contributed by atoms with Crippen LogP contribution in [0.1, 0.15) is 12.0 Å². The van der Waals surface area contributed by atoms with Gasteiger partial charge in [-0.1, -0.05) is 41.6 Å². The van der Waals surface area contributed by atoms with E-state index in [1.807, 2.05) is 37.3 Å². The standard InChI is InChI=1S/C20H18ClN3O2S/c1-12-14(21)7-5-9-16(12)24-18(25)13-6-3-4-8-15(13)22-20(24)27-17-10-11-23(2)19(17)26/h3-9,17H,10-11H2,1-2H3. The number of halogens is 1. The molecule has 1 aliphatic rings. The van der Waals surface area contributed by atoms with E-state index in [0.29, 0.717) is 33.3 Å². The summed E-state index contributed by atoms with van der Waals surface area (Å²) in [6.45, 7) is 2.59. The number of thioether (sulfide) groups is 1. The van der Waals surface area contributed by atoms with Gasteiger partial charge in [0.15, 0.2) is 5.16 Å². The molecule has 5 nitrogen and oxygen atoms in total. The van der Waals surface area contributed by atoms with E-state index in [4.69, 9.17) is 16.6 Å². The van der Waals surface area contributed by atoms with Crippen LogP contribution in [0.2, 0.25) is 5.02 Å². The number of carbonyl (C=O) groups excluding carboxylic acids is 1. The van der Waals surface area contributed by atoms with E-state index in [9.17, 15) is 9.59 Å². The van der Waals surface area contributed by atoms with Crippen LogP contribution in [0.15, 0.2) is 52.4 Å². The number of rotatable bonds is 3. The third-order valence-electron chi connectivity index (χ3n) is 4.85. The number of likely N-dealkylation sites (tertiary alicyclic amines) is 1. The number of benzene rings is 2. The van der Waals surface area contributed by atoms with Crippen LogP contribution in [0.3, 0.4) is 0 Å². The Morgan fingerprint density at radius 2 is 1.93 bits per heavy atom. The first-order valence-electron chi connectivity index (χ1n) is 8.66. The van der Waals surface area contributed by atoms with Gasteiger partial charge in [0.1, 0.15) is 0 Å². The van der Waals surface area contributed by atoms with Gasteiger partial charge in [0.05, 0.1) is 21.8 Å². The molecule has 2 heterocycles. The molecule has 0 spiro atoms. The maximum atomic E-state index is 13.3. The Morgan fingerprint density at radius 3 is 2.67 bits per heavy atom. The predicted molar refractivity (Wildman–Crippen MR) is 109 cm³/mol. The van der Waals surface area contributed by atoms with Crippen LogP contribution in [0.5, 0.6) is 0 Å². The maximum Gasteiger partial charge on any atom is 0.266 e. The summed E-state index contributed by atoms with van der Waals surface area (Å²) < 4.78 is 1.58. The van der Waals surface area contributed by atoms with Crippen molar-refractivity contribution in [2.24, 2.45) is 0 Å². The number of para-hydroxylation sites is 1. The van der Waals surface area contributed by atoms with Crippen LogP contribution >= 0.6 is 23.4 Å². The van der Waals surface area contributed by atoms with Gasteiger partial charge in [0.2, 0.25) is 5.91 Å². The summed E-state index contributed by atoms with van der Waals surface area (Å²) in [7, 11) is 1.80. The van der Waals surface area contributed by atoms with Crippen molar-refractivity contribution in [3.63, 3.8) is 0 Å². The summed E-state index contributed by atoms with van der Waals surface area (Å²) in [5.41, 5.74) is 1.95. The van der Waals surface area contributed by atoms with Gasteiger partial charge >= 0.3 is 0 Å². The lowest BCUT2D eigenvalue weighted by molar-refractivity contribution is -0.126. The Labute approximate surface area is 166 Å². The zero-order chi connectivity index (χ0) is 19.1. The smallest absolute Gasteiger partial charge is 0.266 e. The first kappa shape index (κ1) is 18.1. The molecule has 1 amide bonds. The Kier molecular flexibility index (Phi) is 4.70. The molecule has 0 saturated carbocycles. The molecule has 1 atom stereocenters. The molecular weight excluding hydrogens is 382 g/mol. The van der Waals surface area contributed by atoms with Gasteiger partial charge in [-0.15, -0.1) is 0 Å². The number of hydrogen-bond acceptors (Lipinski definition) is 4. The van der Waals surface area contributed by atoms with Gasteiger partial charge in [-0.25, -0.2) is 4.98 Å².